The molecule has 138 valence electrons. The van der Waals surface area contributed by atoms with E-state index in [-0.39, 0.29) is 18.0 Å². The van der Waals surface area contributed by atoms with Crippen molar-refractivity contribution < 1.29 is 17.9 Å². The van der Waals surface area contributed by atoms with Crippen LogP contribution in [0.2, 0.25) is 5.02 Å². The number of piperazine rings is 1. The molecule has 2 unspecified atom stereocenters. The fraction of sp³-hybridized carbons (Fsp3) is 0.375. The first-order valence-electron chi connectivity index (χ1n) is 8.06. The molecule has 0 spiro atoms. The third-order valence-corrected chi connectivity index (χ3v) is 7.09. The molecule has 26 heavy (non-hydrogen) atoms. The molecule has 1 aromatic heterocycles. The van der Waals surface area contributed by atoms with Gasteiger partial charge in [0.15, 0.2) is 0 Å². The van der Waals surface area contributed by atoms with Gasteiger partial charge in [-0.05, 0) is 24.3 Å². The lowest BCUT2D eigenvalue weighted by molar-refractivity contribution is 0.0583. The highest BCUT2D eigenvalue weighted by Crippen LogP contribution is 2.40. The van der Waals surface area contributed by atoms with Crippen molar-refractivity contribution >= 4 is 27.7 Å². The first-order chi connectivity index (χ1) is 12.4. The zero-order chi connectivity index (χ0) is 18.5. The first-order valence-corrected chi connectivity index (χ1v) is 9.87. The number of carbonyl (C=O) groups excluding carboxylic acids is 1. The van der Waals surface area contributed by atoms with Crippen molar-refractivity contribution in [1.82, 2.24) is 19.4 Å². The fourth-order valence-electron chi connectivity index (χ4n) is 3.72. The molecule has 1 N–H and O–H groups in total. The van der Waals surface area contributed by atoms with Crippen molar-refractivity contribution in [1.29, 1.82) is 0 Å². The summed E-state index contributed by atoms with van der Waals surface area (Å²) in [5, 5.41) is 7.47. The third-order valence-electron chi connectivity index (χ3n) is 4.86. The Labute approximate surface area is 155 Å². The average molecular weight is 397 g/mol. The zero-order valence-electron chi connectivity index (χ0n) is 13.9. The van der Waals surface area contributed by atoms with Crippen LogP contribution in [-0.2, 0) is 21.2 Å². The maximum Gasteiger partial charge on any atom is 0.409 e. The van der Waals surface area contributed by atoms with Gasteiger partial charge in [0.25, 0.3) is 0 Å². The lowest BCUT2D eigenvalue weighted by atomic mass is 9.92. The molecule has 10 heteroatoms. The van der Waals surface area contributed by atoms with Crippen LogP contribution < -0.4 is 0 Å². The van der Waals surface area contributed by atoms with Gasteiger partial charge in [0.1, 0.15) is 0 Å². The van der Waals surface area contributed by atoms with Crippen molar-refractivity contribution in [3.05, 3.63) is 46.7 Å². The highest BCUT2D eigenvalue weighted by molar-refractivity contribution is 7.89. The standard InChI is InChI=1S/C16H17ClN4O4S/c1-25-16(22)20-8-11-6-14-13(7-18-19-14)15(9-20)21(11)26(23,24)12-4-2-10(17)3-5-12/h2-5,7,11,15H,6,8-9H2,1H3,(H,18,19). The number of aromatic amines is 1. The minimum absolute atomic E-state index is 0.176. The number of nitrogens with one attached hydrogen (secondary N) is 1. The molecule has 8 nitrogen and oxygen atoms in total. The first kappa shape index (κ1) is 17.3. The summed E-state index contributed by atoms with van der Waals surface area (Å²) >= 11 is 5.89. The quantitative estimate of drug-likeness (QED) is 0.835. The Kier molecular flexibility index (Phi) is 4.17. The van der Waals surface area contributed by atoms with E-state index in [4.69, 9.17) is 16.3 Å². The van der Waals surface area contributed by atoms with E-state index in [9.17, 15) is 13.2 Å². The normalized spacial score (nSPS) is 22.8. The van der Waals surface area contributed by atoms with E-state index in [1.54, 1.807) is 23.2 Å². The number of halogens is 1. The number of fused-ring (bicyclic) bond motifs is 4. The third kappa shape index (κ3) is 2.67. The summed E-state index contributed by atoms with van der Waals surface area (Å²) in [6.45, 7) is 0.469. The Balaban J connectivity index is 1.77. The molecule has 2 aromatic rings. The van der Waals surface area contributed by atoms with E-state index < -0.39 is 28.2 Å². The van der Waals surface area contributed by atoms with Gasteiger partial charge in [-0.1, -0.05) is 11.6 Å². The van der Waals surface area contributed by atoms with Crippen molar-refractivity contribution in [2.75, 3.05) is 20.2 Å². The van der Waals surface area contributed by atoms with Gasteiger partial charge in [0.05, 0.1) is 24.2 Å². The number of sulfonamides is 1. The van der Waals surface area contributed by atoms with E-state index in [0.717, 1.165) is 11.3 Å². The molecule has 2 bridgehead atoms. The average Bonchev–Trinajstić information content (AvgIpc) is 3.08. The summed E-state index contributed by atoms with van der Waals surface area (Å²) in [4.78, 5) is 13.7. The molecule has 4 rings (SSSR count). The summed E-state index contributed by atoms with van der Waals surface area (Å²) in [6.07, 6.45) is 1.61. The van der Waals surface area contributed by atoms with Crippen LogP contribution in [0.3, 0.4) is 0 Å². The van der Waals surface area contributed by atoms with Crippen LogP contribution in [0.1, 0.15) is 17.3 Å². The van der Waals surface area contributed by atoms with Crippen LogP contribution in [0, 0.1) is 0 Å². The summed E-state index contributed by atoms with van der Waals surface area (Å²) in [6, 6.07) is 5.18. The number of methoxy groups -OCH3 is 1. The van der Waals surface area contributed by atoms with Gasteiger partial charge in [-0.3, -0.25) is 5.10 Å². The van der Waals surface area contributed by atoms with E-state index in [1.807, 2.05) is 0 Å². The highest BCUT2D eigenvalue weighted by Gasteiger charge is 2.48. The van der Waals surface area contributed by atoms with Gasteiger partial charge < -0.3 is 9.64 Å². The highest BCUT2D eigenvalue weighted by atomic mass is 35.5. The molecule has 1 aromatic carbocycles. The minimum Gasteiger partial charge on any atom is -0.453 e. The second-order valence-electron chi connectivity index (χ2n) is 6.34. The summed E-state index contributed by atoms with van der Waals surface area (Å²) in [5.41, 5.74) is 1.69. The number of nitrogens with zero attached hydrogens (tertiary/aromatic N) is 3. The number of rotatable bonds is 2. The Morgan fingerprint density at radius 1 is 1.31 bits per heavy atom. The summed E-state index contributed by atoms with van der Waals surface area (Å²) in [5.74, 6) is 0. The van der Waals surface area contributed by atoms with Crippen molar-refractivity contribution in [2.24, 2.45) is 0 Å². The molecule has 1 fully saturated rings. The molecule has 0 saturated carbocycles. The number of carbonyl (C=O) groups is 1. The number of ether oxygens (including phenoxy) is 1. The molecule has 2 aliphatic heterocycles. The van der Waals surface area contributed by atoms with E-state index in [1.165, 1.54) is 23.5 Å². The predicted molar refractivity (Wildman–Crippen MR) is 93.3 cm³/mol. The maximum absolute atomic E-state index is 13.3. The molecule has 0 radical (unpaired) electrons. The number of hydrogen-bond donors (Lipinski definition) is 1. The number of aromatic nitrogens is 2. The monoisotopic (exact) mass is 396 g/mol. The van der Waals surface area contributed by atoms with Crippen molar-refractivity contribution in [3.63, 3.8) is 0 Å². The van der Waals surface area contributed by atoms with E-state index in [2.05, 4.69) is 10.2 Å². The van der Waals surface area contributed by atoms with Gasteiger partial charge in [0, 0.05) is 41.8 Å². The second kappa shape index (κ2) is 6.26. The van der Waals surface area contributed by atoms with Crippen molar-refractivity contribution in [2.45, 2.75) is 23.4 Å². The second-order valence-corrected chi connectivity index (χ2v) is 8.62. The molecule has 0 aliphatic carbocycles. The Bertz CT molecular complexity index is 943. The Morgan fingerprint density at radius 2 is 2.04 bits per heavy atom. The number of amides is 1. The van der Waals surface area contributed by atoms with E-state index in [0.29, 0.717) is 11.4 Å². The van der Waals surface area contributed by atoms with Crippen LogP contribution in [0.25, 0.3) is 0 Å². The van der Waals surface area contributed by atoms with E-state index >= 15 is 0 Å². The van der Waals surface area contributed by atoms with Gasteiger partial charge in [-0.15, -0.1) is 0 Å². The maximum atomic E-state index is 13.3. The van der Waals surface area contributed by atoms with Gasteiger partial charge in [-0.25, -0.2) is 13.2 Å². The molecule has 2 aliphatic rings. The van der Waals surface area contributed by atoms with Gasteiger partial charge in [-0.2, -0.15) is 9.40 Å². The molecule has 3 heterocycles. The Hall–Kier alpha value is -2.10. The number of hydrogen-bond acceptors (Lipinski definition) is 5. The smallest absolute Gasteiger partial charge is 0.409 e. The predicted octanol–water partition coefficient (Wildman–Crippen LogP) is 1.80. The van der Waals surface area contributed by atoms with Crippen LogP contribution in [0.4, 0.5) is 4.79 Å². The molecule has 2 atom stereocenters. The lowest BCUT2D eigenvalue weighted by Gasteiger charge is -2.47. The molecule has 1 amide bonds. The molecule has 1 saturated heterocycles. The topological polar surface area (TPSA) is 95.6 Å². The molecular weight excluding hydrogens is 380 g/mol. The number of benzene rings is 1. The molecular formula is C16H17ClN4O4S. The van der Waals surface area contributed by atoms with Crippen molar-refractivity contribution in [3.8, 4) is 0 Å². The fourth-order valence-corrected chi connectivity index (χ4v) is 5.62. The lowest BCUT2D eigenvalue weighted by Crippen LogP contribution is -2.60. The Morgan fingerprint density at radius 3 is 2.73 bits per heavy atom. The largest absolute Gasteiger partial charge is 0.453 e. The minimum atomic E-state index is -3.76. The van der Waals surface area contributed by atoms with Crippen LogP contribution in [0.15, 0.2) is 35.4 Å². The van der Waals surface area contributed by atoms with Gasteiger partial charge in [0.2, 0.25) is 10.0 Å². The van der Waals surface area contributed by atoms with Crippen LogP contribution in [-0.4, -0.2) is 60.2 Å². The number of H-pyrrole nitrogens is 1. The van der Waals surface area contributed by atoms with Gasteiger partial charge >= 0.3 is 6.09 Å². The van der Waals surface area contributed by atoms with Crippen LogP contribution >= 0.6 is 11.6 Å². The summed E-state index contributed by atoms with van der Waals surface area (Å²) in [7, 11) is -2.44. The van der Waals surface area contributed by atoms with Crippen LogP contribution in [0.5, 0.6) is 0 Å². The zero-order valence-corrected chi connectivity index (χ0v) is 15.5. The SMILES string of the molecule is COC(=O)N1CC2Cc3[nH]ncc3C(C1)N2S(=O)(=O)c1ccc(Cl)cc1. The summed E-state index contributed by atoms with van der Waals surface area (Å²) < 4.78 is 32.9.